The minimum atomic E-state index is -4.20. The Morgan fingerprint density at radius 1 is 1.14 bits per heavy atom. The molecule has 2 aliphatic rings. The number of amides is 1. The quantitative estimate of drug-likeness (QED) is 0.764. The van der Waals surface area contributed by atoms with Gasteiger partial charge in [-0.15, -0.1) is 0 Å². The Morgan fingerprint density at radius 3 is 2.34 bits per heavy atom. The number of β-amino-alcohol motifs (C(OH)–C–C–N with tert-alkyl or cyclic N) is 1. The normalized spacial score (nSPS) is 27.2. The number of nitrogens with zero attached hydrogens (tertiary/aromatic N) is 2. The van der Waals surface area contributed by atoms with Crippen molar-refractivity contribution in [2.75, 3.05) is 32.7 Å². The number of aliphatic hydroxyl groups is 2. The van der Waals surface area contributed by atoms with Gasteiger partial charge in [-0.05, 0) is 50.0 Å². The molecule has 0 radical (unpaired) electrons. The molecule has 1 aromatic rings. The van der Waals surface area contributed by atoms with Crippen molar-refractivity contribution in [3.05, 3.63) is 34.9 Å². The highest BCUT2D eigenvalue weighted by molar-refractivity contribution is 6.30. The van der Waals surface area contributed by atoms with Crippen molar-refractivity contribution in [2.24, 2.45) is 5.92 Å². The lowest BCUT2D eigenvalue weighted by Crippen LogP contribution is -2.63. The van der Waals surface area contributed by atoms with Gasteiger partial charge < -0.3 is 20.0 Å². The summed E-state index contributed by atoms with van der Waals surface area (Å²) in [6, 6.07) is 6.92. The summed E-state index contributed by atoms with van der Waals surface area (Å²) < 4.78 is 38.5. The maximum absolute atomic E-state index is 12.8. The van der Waals surface area contributed by atoms with E-state index in [1.165, 1.54) is 4.90 Å². The van der Waals surface area contributed by atoms with E-state index in [1.807, 2.05) is 0 Å². The average Bonchev–Trinajstić information content (AvgIpc) is 2.65. The van der Waals surface area contributed by atoms with Gasteiger partial charge in [-0.25, -0.2) is 0 Å². The predicted octanol–water partition coefficient (Wildman–Crippen LogP) is 2.48. The van der Waals surface area contributed by atoms with Crippen molar-refractivity contribution in [3.63, 3.8) is 0 Å². The first-order chi connectivity index (χ1) is 13.6. The number of halogens is 4. The Hall–Kier alpha value is -1.35. The maximum Gasteiger partial charge on any atom is 0.391 e. The largest absolute Gasteiger partial charge is 0.391 e. The molecule has 2 atom stereocenters. The second kappa shape index (κ2) is 8.79. The van der Waals surface area contributed by atoms with Crippen LogP contribution in [0.3, 0.4) is 0 Å². The van der Waals surface area contributed by atoms with Gasteiger partial charge in [-0.1, -0.05) is 23.7 Å². The van der Waals surface area contributed by atoms with Crippen LogP contribution in [0.1, 0.15) is 24.8 Å². The molecule has 0 bridgehead atoms. The van der Waals surface area contributed by atoms with Gasteiger partial charge in [0.25, 0.3) is 0 Å². The van der Waals surface area contributed by atoms with Crippen LogP contribution in [0, 0.1) is 5.92 Å². The summed E-state index contributed by atoms with van der Waals surface area (Å²) >= 11 is 5.85. The van der Waals surface area contributed by atoms with Gasteiger partial charge in [0.1, 0.15) is 5.60 Å². The van der Waals surface area contributed by atoms with Crippen molar-refractivity contribution in [2.45, 2.75) is 43.6 Å². The highest BCUT2D eigenvalue weighted by Crippen LogP contribution is 2.35. The van der Waals surface area contributed by atoms with E-state index >= 15 is 0 Å². The molecule has 3 rings (SSSR count). The van der Waals surface area contributed by atoms with Gasteiger partial charge >= 0.3 is 6.18 Å². The number of rotatable bonds is 4. The first kappa shape index (κ1) is 22.3. The van der Waals surface area contributed by atoms with Crippen LogP contribution in [-0.2, 0) is 11.2 Å². The van der Waals surface area contributed by atoms with Gasteiger partial charge in [0.05, 0.1) is 25.0 Å². The summed E-state index contributed by atoms with van der Waals surface area (Å²) in [7, 11) is 0. The van der Waals surface area contributed by atoms with Gasteiger partial charge in [-0.2, -0.15) is 13.2 Å². The summed E-state index contributed by atoms with van der Waals surface area (Å²) in [4.78, 5) is 15.9. The molecule has 0 spiro atoms. The fraction of sp³-hybridized carbons (Fsp3) is 0.650. The van der Waals surface area contributed by atoms with Crippen LogP contribution < -0.4 is 0 Å². The summed E-state index contributed by atoms with van der Waals surface area (Å²) in [5.41, 5.74) is -0.762. The van der Waals surface area contributed by atoms with Crippen molar-refractivity contribution >= 4 is 17.5 Å². The molecule has 0 aromatic heterocycles. The highest BCUT2D eigenvalue weighted by Gasteiger charge is 2.46. The monoisotopic (exact) mass is 434 g/mol. The fourth-order valence-corrected chi connectivity index (χ4v) is 4.25. The van der Waals surface area contributed by atoms with Crippen LogP contribution in [-0.4, -0.2) is 76.5 Å². The standard InChI is InChI=1S/C20H26ClF3N2O3/c21-16-3-1-14(2-4-16)11-18(28)26-10-7-17(27)19(29,13-26)12-25-8-5-15(6-9-25)20(22,23)24/h1-4,15,17,27,29H,5-13H2/t17-,19+/m0/s1. The predicted molar refractivity (Wildman–Crippen MR) is 103 cm³/mol. The van der Waals surface area contributed by atoms with Crippen LogP contribution in [0.2, 0.25) is 5.02 Å². The van der Waals surface area contributed by atoms with E-state index in [-0.39, 0.29) is 57.8 Å². The first-order valence-corrected chi connectivity index (χ1v) is 10.2. The number of hydrogen-bond acceptors (Lipinski definition) is 4. The topological polar surface area (TPSA) is 64.0 Å². The minimum absolute atomic E-state index is 0.0190. The Balaban J connectivity index is 1.58. The van der Waals surface area contributed by atoms with Gasteiger partial charge in [-0.3, -0.25) is 4.79 Å². The van der Waals surface area contributed by atoms with Gasteiger partial charge in [0, 0.05) is 18.1 Å². The number of carbonyl (C=O) groups excluding carboxylic acids is 1. The zero-order valence-electron chi connectivity index (χ0n) is 16.0. The Labute approximate surface area is 173 Å². The smallest absolute Gasteiger partial charge is 0.390 e. The van der Waals surface area contributed by atoms with E-state index in [4.69, 9.17) is 11.6 Å². The third-order valence-corrected chi connectivity index (χ3v) is 6.18. The Morgan fingerprint density at radius 2 is 1.76 bits per heavy atom. The van der Waals surface area contributed by atoms with E-state index in [9.17, 15) is 28.2 Å². The number of hydrogen-bond donors (Lipinski definition) is 2. The number of benzene rings is 1. The Kier molecular flexibility index (Phi) is 6.77. The molecule has 2 saturated heterocycles. The molecule has 2 fully saturated rings. The molecule has 0 aliphatic carbocycles. The first-order valence-electron chi connectivity index (χ1n) is 9.78. The lowest BCUT2D eigenvalue weighted by Gasteiger charge is -2.46. The molecule has 162 valence electrons. The molecule has 2 aliphatic heterocycles. The third-order valence-electron chi connectivity index (χ3n) is 5.93. The molecule has 5 nitrogen and oxygen atoms in total. The molecule has 9 heteroatoms. The lowest BCUT2D eigenvalue weighted by atomic mass is 9.87. The molecular weight excluding hydrogens is 409 g/mol. The zero-order chi connectivity index (χ0) is 21.2. The van der Waals surface area contributed by atoms with Crippen LogP contribution >= 0.6 is 11.6 Å². The van der Waals surface area contributed by atoms with E-state index in [0.29, 0.717) is 11.6 Å². The van der Waals surface area contributed by atoms with E-state index in [0.717, 1.165) is 5.56 Å². The second-order valence-corrected chi connectivity index (χ2v) is 8.56. The molecule has 1 aromatic carbocycles. The maximum atomic E-state index is 12.8. The van der Waals surface area contributed by atoms with Gasteiger partial charge in [0.15, 0.2) is 0 Å². The summed E-state index contributed by atoms with van der Waals surface area (Å²) in [6.45, 7) is 0.741. The zero-order valence-corrected chi connectivity index (χ0v) is 16.8. The van der Waals surface area contributed by atoms with Crippen LogP contribution in [0.5, 0.6) is 0 Å². The molecule has 1 amide bonds. The Bertz CT molecular complexity index is 708. The second-order valence-electron chi connectivity index (χ2n) is 8.12. The number of alkyl halides is 3. The minimum Gasteiger partial charge on any atom is -0.390 e. The van der Waals surface area contributed by atoms with Crippen molar-refractivity contribution in [3.8, 4) is 0 Å². The van der Waals surface area contributed by atoms with Crippen LogP contribution in [0.4, 0.5) is 13.2 Å². The molecule has 2 heterocycles. The highest BCUT2D eigenvalue weighted by atomic mass is 35.5. The fourth-order valence-electron chi connectivity index (χ4n) is 4.12. The summed E-state index contributed by atoms with van der Waals surface area (Å²) in [5, 5.41) is 21.9. The molecular formula is C20H26ClF3N2O3. The molecule has 0 saturated carbocycles. The number of aliphatic hydroxyl groups excluding tert-OH is 1. The number of carbonyl (C=O) groups is 1. The molecule has 29 heavy (non-hydrogen) atoms. The molecule has 2 N–H and O–H groups in total. The van der Waals surface area contributed by atoms with E-state index < -0.39 is 23.8 Å². The summed E-state index contributed by atoms with van der Waals surface area (Å²) in [5.74, 6) is -1.49. The number of piperidine rings is 2. The number of likely N-dealkylation sites (tertiary alicyclic amines) is 2. The van der Waals surface area contributed by atoms with Crippen molar-refractivity contribution in [1.82, 2.24) is 9.80 Å². The average molecular weight is 435 g/mol. The van der Waals surface area contributed by atoms with Crippen molar-refractivity contribution in [1.29, 1.82) is 0 Å². The van der Waals surface area contributed by atoms with E-state index in [1.54, 1.807) is 29.2 Å². The van der Waals surface area contributed by atoms with Crippen LogP contribution in [0.15, 0.2) is 24.3 Å². The van der Waals surface area contributed by atoms with Crippen molar-refractivity contribution < 1.29 is 28.2 Å². The third kappa shape index (κ3) is 5.63. The molecule has 0 unspecified atom stereocenters. The van der Waals surface area contributed by atoms with Crippen LogP contribution in [0.25, 0.3) is 0 Å². The van der Waals surface area contributed by atoms with Gasteiger partial charge in [0.2, 0.25) is 5.91 Å². The SMILES string of the molecule is O=C(Cc1ccc(Cl)cc1)N1CC[C@H](O)[C@@](O)(CN2CCC(C(F)(F)F)CC2)C1. The lowest BCUT2D eigenvalue weighted by molar-refractivity contribution is -0.189. The summed E-state index contributed by atoms with van der Waals surface area (Å²) in [6.07, 6.45) is -4.88. The van der Waals surface area contributed by atoms with E-state index in [2.05, 4.69) is 0 Å².